The molecule has 0 atom stereocenters. The number of aromatic nitrogens is 1. The fraction of sp³-hybridized carbons (Fsp3) is 0.0952. The Morgan fingerprint density at radius 1 is 1.07 bits per heavy atom. The molecule has 7 heteroatoms. The summed E-state index contributed by atoms with van der Waals surface area (Å²) in [7, 11) is 0. The molecule has 2 N–H and O–H groups in total. The van der Waals surface area contributed by atoms with Crippen LogP contribution in [0.1, 0.15) is 27.1 Å². The smallest absolute Gasteiger partial charge is 0.348 e. The lowest BCUT2D eigenvalue weighted by Crippen LogP contribution is -2.18. The first-order valence-corrected chi connectivity index (χ1v) is 9.51. The van der Waals surface area contributed by atoms with Crippen LogP contribution in [0.15, 0.2) is 59.4 Å². The minimum Gasteiger partial charge on any atom is -0.462 e. The first-order chi connectivity index (χ1) is 13.5. The van der Waals surface area contributed by atoms with Gasteiger partial charge in [-0.2, -0.15) is 0 Å². The molecule has 140 valence electrons. The van der Waals surface area contributed by atoms with E-state index in [1.807, 2.05) is 12.1 Å². The van der Waals surface area contributed by atoms with Crippen molar-refractivity contribution < 1.29 is 14.3 Å². The molecular weight excluding hydrogens is 376 g/mol. The third-order valence-corrected chi connectivity index (χ3v) is 5.34. The molecule has 0 aliphatic carbocycles. The summed E-state index contributed by atoms with van der Waals surface area (Å²) >= 11 is 1.34. The second-order valence-corrected chi connectivity index (χ2v) is 7.22. The first-order valence-electron chi connectivity index (χ1n) is 8.69. The van der Waals surface area contributed by atoms with Crippen LogP contribution in [0.5, 0.6) is 0 Å². The van der Waals surface area contributed by atoms with Gasteiger partial charge in [0.1, 0.15) is 10.6 Å². The molecule has 0 aliphatic heterocycles. The minimum atomic E-state index is -0.414. The standard InChI is InChI=1S/C21H16N2O4S/c1-2-27-21(26)18-11-13-9-14(7-8-17(13)28-18)22-20(25)16-10-12-5-3-4-6-15(12)19(24)23-16/h3-11H,2H2,1H3,(H,22,25)(H,23,24). The van der Waals surface area contributed by atoms with E-state index in [9.17, 15) is 14.4 Å². The molecule has 0 saturated carbocycles. The second kappa shape index (κ2) is 7.28. The maximum absolute atomic E-state index is 12.6. The number of anilines is 1. The summed E-state index contributed by atoms with van der Waals surface area (Å²) in [5.74, 6) is -0.772. The van der Waals surface area contributed by atoms with Crippen molar-refractivity contribution in [3.63, 3.8) is 0 Å². The number of hydrogen-bond donors (Lipinski definition) is 2. The van der Waals surface area contributed by atoms with Crippen LogP contribution in [0.3, 0.4) is 0 Å². The van der Waals surface area contributed by atoms with E-state index in [4.69, 9.17) is 4.74 Å². The first kappa shape index (κ1) is 17.9. The van der Waals surface area contributed by atoms with Gasteiger partial charge in [0.15, 0.2) is 0 Å². The van der Waals surface area contributed by atoms with Crippen molar-refractivity contribution in [1.29, 1.82) is 0 Å². The molecule has 2 heterocycles. The number of fused-ring (bicyclic) bond motifs is 2. The number of amides is 1. The van der Waals surface area contributed by atoms with Gasteiger partial charge in [-0.05, 0) is 54.1 Å². The second-order valence-electron chi connectivity index (χ2n) is 6.14. The zero-order chi connectivity index (χ0) is 19.7. The number of benzene rings is 2. The van der Waals surface area contributed by atoms with E-state index in [0.717, 1.165) is 10.1 Å². The zero-order valence-electron chi connectivity index (χ0n) is 14.9. The number of thiophene rings is 1. The largest absolute Gasteiger partial charge is 0.462 e. The predicted octanol–water partition coefficient (Wildman–Crippen LogP) is 4.17. The number of hydrogen-bond acceptors (Lipinski definition) is 5. The van der Waals surface area contributed by atoms with Crippen molar-refractivity contribution in [2.24, 2.45) is 0 Å². The van der Waals surface area contributed by atoms with E-state index in [0.29, 0.717) is 27.9 Å². The fourth-order valence-electron chi connectivity index (χ4n) is 2.96. The molecule has 0 spiro atoms. The molecule has 0 saturated heterocycles. The van der Waals surface area contributed by atoms with Crippen LogP contribution in [0.25, 0.3) is 20.9 Å². The summed E-state index contributed by atoms with van der Waals surface area (Å²) < 4.78 is 5.94. The number of rotatable bonds is 4. The number of pyridine rings is 1. The Labute approximate surface area is 163 Å². The number of esters is 1. The fourth-order valence-corrected chi connectivity index (χ4v) is 3.89. The van der Waals surface area contributed by atoms with Gasteiger partial charge < -0.3 is 15.0 Å². The van der Waals surface area contributed by atoms with E-state index in [1.165, 1.54) is 11.3 Å². The molecule has 2 aromatic carbocycles. The molecule has 0 bridgehead atoms. The molecule has 6 nitrogen and oxygen atoms in total. The normalized spacial score (nSPS) is 10.9. The summed E-state index contributed by atoms with van der Waals surface area (Å²) in [6, 6.07) is 15.8. The van der Waals surface area contributed by atoms with Gasteiger partial charge in [-0.1, -0.05) is 18.2 Å². The van der Waals surface area contributed by atoms with E-state index in [2.05, 4.69) is 10.3 Å². The monoisotopic (exact) mass is 392 g/mol. The van der Waals surface area contributed by atoms with Gasteiger partial charge >= 0.3 is 5.97 Å². The maximum atomic E-state index is 12.6. The molecule has 4 rings (SSSR count). The summed E-state index contributed by atoms with van der Waals surface area (Å²) in [6.45, 7) is 2.08. The van der Waals surface area contributed by atoms with Gasteiger partial charge in [0.05, 0.1) is 6.61 Å². The molecule has 0 unspecified atom stereocenters. The number of ether oxygens (including phenoxy) is 1. The van der Waals surface area contributed by atoms with Crippen molar-refractivity contribution in [2.45, 2.75) is 6.92 Å². The lowest BCUT2D eigenvalue weighted by atomic mass is 10.1. The zero-order valence-corrected chi connectivity index (χ0v) is 15.8. The van der Waals surface area contributed by atoms with E-state index in [1.54, 1.807) is 49.4 Å². The third-order valence-electron chi connectivity index (χ3n) is 4.25. The number of nitrogens with one attached hydrogen (secondary N) is 2. The van der Waals surface area contributed by atoms with Crippen molar-refractivity contribution in [1.82, 2.24) is 4.98 Å². The van der Waals surface area contributed by atoms with E-state index in [-0.39, 0.29) is 17.2 Å². The Hall–Kier alpha value is -3.45. The molecule has 4 aromatic rings. The van der Waals surface area contributed by atoms with Crippen LogP contribution >= 0.6 is 11.3 Å². The SMILES string of the molecule is CCOC(=O)c1cc2cc(NC(=O)c3cc4ccccc4c(=O)[nH]3)ccc2s1. The van der Waals surface area contributed by atoms with Crippen LogP contribution in [0.2, 0.25) is 0 Å². The predicted molar refractivity (Wildman–Crippen MR) is 110 cm³/mol. The Morgan fingerprint density at radius 2 is 1.89 bits per heavy atom. The average molecular weight is 392 g/mol. The van der Waals surface area contributed by atoms with Crippen molar-refractivity contribution >= 4 is 49.8 Å². The van der Waals surface area contributed by atoms with Gasteiger partial charge in [-0.15, -0.1) is 11.3 Å². The molecule has 0 radical (unpaired) electrons. The maximum Gasteiger partial charge on any atom is 0.348 e. The highest BCUT2D eigenvalue weighted by Gasteiger charge is 2.13. The van der Waals surface area contributed by atoms with Crippen LogP contribution < -0.4 is 10.9 Å². The van der Waals surface area contributed by atoms with E-state index < -0.39 is 5.91 Å². The highest BCUT2D eigenvalue weighted by Crippen LogP contribution is 2.29. The van der Waals surface area contributed by atoms with Crippen molar-refractivity contribution in [3.8, 4) is 0 Å². The summed E-state index contributed by atoms with van der Waals surface area (Å²) in [6.07, 6.45) is 0. The van der Waals surface area contributed by atoms with Crippen molar-refractivity contribution in [3.05, 3.63) is 75.5 Å². The Kier molecular flexibility index (Phi) is 4.67. The lowest BCUT2D eigenvalue weighted by molar-refractivity contribution is 0.0532. The summed E-state index contributed by atoms with van der Waals surface area (Å²) in [5, 5.41) is 4.85. The van der Waals surface area contributed by atoms with Crippen LogP contribution in [0, 0.1) is 0 Å². The Morgan fingerprint density at radius 3 is 2.71 bits per heavy atom. The molecule has 2 aromatic heterocycles. The van der Waals surface area contributed by atoms with Gasteiger partial charge in [0.25, 0.3) is 11.5 Å². The van der Waals surface area contributed by atoms with Crippen molar-refractivity contribution in [2.75, 3.05) is 11.9 Å². The van der Waals surface area contributed by atoms with Crippen LogP contribution in [-0.2, 0) is 4.74 Å². The third kappa shape index (κ3) is 3.39. The Balaban J connectivity index is 1.61. The molecule has 1 amide bonds. The highest BCUT2D eigenvalue weighted by atomic mass is 32.1. The van der Waals surface area contributed by atoms with E-state index >= 15 is 0 Å². The number of carbonyl (C=O) groups excluding carboxylic acids is 2. The number of carbonyl (C=O) groups is 2. The van der Waals surface area contributed by atoms with Gasteiger partial charge in [0.2, 0.25) is 0 Å². The minimum absolute atomic E-state index is 0.182. The highest BCUT2D eigenvalue weighted by molar-refractivity contribution is 7.20. The summed E-state index contributed by atoms with van der Waals surface area (Å²) in [5.41, 5.74) is 0.441. The topological polar surface area (TPSA) is 88.3 Å². The van der Waals surface area contributed by atoms with Gasteiger partial charge in [-0.25, -0.2) is 4.79 Å². The molecule has 0 aliphatic rings. The molecule has 28 heavy (non-hydrogen) atoms. The summed E-state index contributed by atoms with van der Waals surface area (Å²) in [4.78, 5) is 39.8. The van der Waals surface area contributed by atoms with Crippen LogP contribution in [-0.4, -0.2) is 23.5 Å². The quantitative estimate of drug-likeness (QED) is 0.510. The lowest BCUT2D eigenvalue weighted by Gasteiger charge is -2.06. The number of H-pyrrole nitrogens is 1. The van der Waals surface area contributed by atoms with Gasteiger partial charge in [-0.3, -0.25) is 9.59 Å². The van der Waals surface area contributed by atoms with Crippen LogP contribution in [0.4, 0.5) is 5.69 Å². The molecule has 0 fully saturated rings. The Bertz CT molecular complexity index is 1270. The molecular formula is C21H16N2O4S. The van der Waals surface area contributed by atoms with Gasteiger partial charge in [0, 0.05) is 15.8 Å². The number of aromatic amines is 1. The average Bonchev–Trinajstić information content (AvgIpc) is 3.12.